The Balaban J connectivity index is 0.000000431. The zero-order chi connectivity index (χ0) is 21.2. The van der Waals surface area contributed by atoms with Crippen molar-refractivity contribution in [3.05, 3.63) is 47.8 Å². The quantitative estimate of drug-likeness (QED) is 0.541. The Morgan fingerprint density at radius 1 is 1.17 bits per heavy atom. The summed E-state index contributed by atoms with van der Waals surface area (Å²) in [4.78, 5) is 4.76. The van der Waals surface area contributed by atoms with Gasteiger partial charge >= 0.3 is 0 Å². The molecule has 0 bridgehead atoms. The van der Waals surface area contributed by atoms with Crippen molar-refractivity contribution >= 4 is 21.0 Å². The van der Waals surface area contributed by atoms with Crippen LogP contribution >= 0.6 is 0 Å². The zero-order valence-corrected chi connectivity index (χ0v) is 17.8. The lowest BCUT2D eigenvalue weighted by molar-refractivity contribution is 0.411. The Bertz CT molecular complexity index is 1070. The van der Waals surface area contributed by atoms with Crippen molar-refractivity contribution in [1.29, 1.82) is 0 Å². The second-order valence-electron chi connectivity index (χ2n) is 7.66. The van der Waals surface area contributed by atoms with Gasteiger partial charge in [0.15, 0.2) is 0 Å². The number of H-pyrrole nitrogens is 1. The van der Waals surface area contributed by atoms with Gasteiger partial charge in [-0.05, 0) is 54.9 Å². The molecule has 4 rings (SSSR count). The maximum Gasteiger partial charge on any atom is 0.261 e. The highest BCUT2D eigenvalue weighted by Gasteiger charge is 2.29. The van der Waals surface area contributed by atoms with Gasteiger partial charge in [0.25, 0.3) is 10.1 Å². The summed E-state index contributed by atoms with van der Waals surface area (Å²) in [7, 11) is -3.67. The van der Waals surface area contributed by atoms with E-state index in [0.717, 1.165) is 29.6 Å². The third-order valence-electron chi connectivity index (χ3n) is 5.53. The first-order valence-electron chi connectivity index (χ1n) is 9.80. The lowest BCUT2D eigenvalue weighted by Crippen LogP contribution is -2.35. The molecule has 1 aliphatic rings. The van der Waals surface area contributed by atoms with E-state index in [4.69, 9.17) is 15.3 Å². The van der Waals surface area contributed by atoms with E-state index in [1.807, 2.05) is 12.4 Å². The number of pyridine rings is 1. The molecule has 156 valence electrons. The normalized spacial score (nSPS) is 14.5. The van der Waals surface area contributed by atoms with Gasteiger partial charge in [-0.1, -0.05) is 26.0 Å². The van der Waals surface area contributed by atoms with E-state index in [-0.39, 0.29) is 5.54 Å². The van der Waals surface area contributed by atoms with Crippen molar-refractivity contribution in [3.63, 3.8) is 0 Å². The Labute approximate surface area is 171 Å². The molecule has 4 N–H and O–H groups in total. The molecule has 1 saturated carbocycles. The van der Waals surface area contributed by atoms with E-state index in [1.165, 1.54) is 29.4 Å². The average molecular weight is 417 g/mol. The van der Waals surface area contributed by atoms with Gasteiger partial charge in [-0.3, -0.25) is 14.6 Å². The van der Waals surface area contributed by atoms with E-state index in [1.54, 1.807) is 0 Å². The van der Waals surface area contributed by atoms with E-state index < -0.39 is 10.1 Å². The van der Waals surface area contributed by atoms with Crippen LogP contribution in [0.25, 0.3) is 22.2 Å². The number of fused-ring (bicyclic) bond motifs is 1. The van der Waals surface area contributed by atoms with Crippen LogP contribution in [0.4, 0.5) is 0 Å². The molecular formula is C21H28N4O3S. The number of hydrogen-bond acceptors (Lipinski definition) is 5. The average Bonchev–Trinajstić information content (AvgIpc) is 3.41. The molecule has 1 fully saturated rings. The number of aromatic nitrogens is 3. The van der Waals surface area contributed by atoms with Crippen molar-refractivity contribution in [2.45, 2.75) is 51.0 Å². The standard InChI is InChI=1S/C20H24N4.CH4O3S/c1-3-20(21,4-2)14-7-9-17(22-11-14)15-8-10-18-16(12-23-24-18)19(15)13-5-6-13;1-5(2,3)4/h7-13H,3-6,21H2,1-2H3,(H,23,24);1H3,(H,2,3,4). The van der Waals surface area contributed by atoms with E-state index >= 15 is 0 Å². The van der Waals surface area contributed by atoms with Crippen LogP contribution in [0.1, 0.15) is 56.6 Å². The Morgan fingerprint density at radius 2 is 1.83 bits per heavy atom. The number of rotatable bonds is 5. The Morgan fingerprint density at radius 3 is 2.34 bits per heavy atom. The minimum Gasteiger partial charge on any atom is -0.321 e. The minimum atomic E-state index is -3.67. The predicted molar refractivity (Wildman–Crippen MR) is 115 cm³/mol. The SMILES string of the molecule is CCC(N)(CC)c1ccc(-c2ccc3[nH]ncc3c2C2CC2)nc1.CS(=O)(=O)O. The fourth-order valence-electron chi connectivity index (χ4n) is 3.58. The lowest BCUT2D eigenvalue weighted by Gasteiger charge is -2.27. The van der Waals surface area contributed by atoms with E-state index in [2.05, 4.69) is 48.3 Å². The highest BCUT2D eigenvalue weighted by Crippen LogP contribution is 2.47. The van der Waals surface area contributed by atoms with Crippen LogP contribution < -0.4 is 5.73 Å². The van der Waals surface area contributed by atoms with Crippen LogP contribution in [-0.2, 0) is 15.7 Å². The smallest absolute Gasteiger partial charge is 0.261 e. The fraction of sp³-hybridized carbons (Fsp3) is 0.429. The summed E-state index contributed by atoms with van der Waals surface area (Å²) in [6, 6.07) is 8.54. The monoisotopic (exact) mass is 416 g/mol. The second kappa shape index (κ2) is 8.22. The molecule has 0 spiro atoms. The summed E-state index contributed by atoms with van der Waals surface area (Å²) < 4.78 is 25.9. The second-order valence-corrected chi connectivity index (χ2v) is 9.13. The number of nitrogens with two attached hydrogens (primary N) is 1. The summed E-state index contributed by atoms with van der Waals surface area (Å²) in [6.07, 6.45) is 8.96. The first kappa shape index (κ1) is 21.4. The van der Waals surface area contributed by atoms with Gasteiger partial charge in [0.2, 0.25) is 0 Å². The minimum absolute atomic E-state index is 0.278. The lowest BCUT2D eigenvalue weighted by atomic mass is 9.86. The molecule has 2 aromatic heterocycles. The maximum atomic E-state index is 9.19. The molecule has 0 amide bonds. The molecule has 3 aromatic rings. The van der Waals surface area contributed by atoms with Crippen LogP contribution in [0.15, 0.2) is 36.7 Å². The molecule has 2 heterocycles. The molecular weight excluding hydrogens is 388 g/mol. The molecule has 0 radical (unpaired) electrons. The van der Waals surface area contributed by atoms with Gasteiger partial charge in [-0.15, -0.1) is 0 Å². The molecule has 8 heteroatoms. The van der Waals surface area contributed by atoms with Crippen LogP contribution in [0.2, 0.25) is 0 Å². The van der Waals surface area contributed by atoms with Gasteiger partial charge in [0, 0.05) is 22.7 Å². The molecule has 0 aliphatic heterocycles. The maximum absolute atomic E-state index is 9.19. The van der Waals surface area contributed by atoms with Crippen molar-refractivity contribution in [1.82, 2.24) is 15.2 Å². The van der Waals surface area contributed by atoms with Crippen LogP contribution in [0.5, 0.6) is 0 Å². The molecule has 7 nitrogen and oxygen atoms in total. The zero-order valence-electron chi connectivity index (χ0n) is 17.0. The third-order valence-corrected chi connectivity index (χ3v) is 5.53. The fourth-order valence-corrected chi connectivity index (χ4v) is 3.58. The van der Waals surface area contributed by atoms with Gasteiger partial charge in [-0.2, -0.15) is 13.5 Å². The van der Waals surface area contributed by atoms with Crippen molar-refractivity contribution in [3.8, 4) is 11.3 Å². The van der Waals surface area contributed by atoms with Gasteiger partial charge in [0.05, 0.1) is 23.7 Å². The topological polar surface area (TPSA) is 122 Å². The summed E-state index contributed by atoms with van der Waals surface area (Å²) in [5.74, 6) is 0.641. The predicted octanol–water partition coefficient (Wildman–Crippen LogP) is 3.98. The number of aromatic amines is 1. The van der Waals surface area contributed by atoms with Crippen LogP contribution in [-0.4, -0.2) is 34.4 Å². The van der Waals surface area contributed by atoms with E-state index in [0.29, 0.717) is 12.2 Å². The first-order chi connectivity index (χ1) is 13.7. The van der Waals surface area contributed by atoms with Gasteiger partial charge < -0.3 is 5.73 Å². The third kappa shape index (κ3) is 5.01. The molecule has 1 aliphatic carbocycles. The molecule has 29 heavy (non-hydrogen) atoms. The molecule has 0 saturated heterocycles. The first-order valence-corrected chi connectivity index (χ1v) is 11.6. The molecule has 0 unspecified atom stereocenters. The number of nitrogens with one attached hydrogen (secondary N) is 1. The Hall–Kier alpha value is -2.29. The number of hydrogen-bond donors (Lipinski definition) is 3. The summed E-state index contributed by atoms with van der Waals surface area (Å²) in [6.45, 7) is 4.27. The Kier molecular flexibility index (Phi) is 6.07. The van der Waals surface area contributed by atoms with E-state index in [9.17, 15) is 8.42 Å². The molecule has 1 aromatic carbocycles. The van der Waals surface area contributed by atoms with Crippen LogP contribution in [0, 0.1) is 0 Å². The summed E-state index contributed by atoms with van der Waals surface area (Å²) >= 11 is 0. The largest absolute Gasteiger partial charge is 0.321 e. The van der Waals surface area contributed by atoms with Crippen molar-refractivity contribution < 1.29 is 13.0 Å². The van der Waals surface area contributed by atoms with Crippen LogP contribution in [0.3, 0.4) is 0 Å². The number of benzene rings is 1. The van der Waals surface area contributed by atoms with Crippen molar-refractivity contribution in [2.24, 2.45) is 5.73 Å². The van der Waals surface area contributed by atoms with Crippen molar-refractivity contribution in [2.75, 3.05) is 6.26 Å². The summed E-state index contributed by atoms with van der Waals surface area (Å²) in [5.41, 5.74) is 12.1. The van der Waals surface area contributed by atoms with Gasteiger partial charge in [-0.25, -0.2) is 0 Å². The highest BCUT2D eigenvalue weighted by molar-refractivity contribution is 7.85. The number of nitrogens with zero attached hydrogens (tertiary/aromatic N) is 2. The summed E-state index contributed by atoms with van der Waals surface area (Å²) in [5, 5.41) is 8.52. The van der Waals surface area contributed by atoms with Gasteiger partial charge in [0.1, 0.15) is 0 Å². The molecule has 0 atom stereocenters. The highest BCUT2D eigenvalue weighted by atomic mass is 32.2.